The molecule has 0 amide bonds. The van der Waals surface area contributed by atoms with Crippen LogP contribution >= 0.6 is 0 Å². The molecule has 0 aliphatic heterocycles. The number of aromatic nitrogens is 1. The molecule has 0 radical (unpaired) electrons. The van der Waals surface area contributed by atoms with E-state index < -0.39 is 5.97 Å². The van der Waals surface area contributed by atoms with E-state index in [-0.39, 0.29) is 5.78 Å². The molecular formula is C24H19NO3. The average molecular weight is 369 g/mol. The van der Waals surface area contributed by atoms with Crippen LogP contribution in [0.4, 0.5) is 0 Å². The van der Waals surface area contributed by atoms with Crippen LogP contribution in [0.1, 0.15) is 38.8 Å². The van der Waals surface area contributed by atoms with E-state index in [0.29, 0.717) is 22.4 Å². The van der Waals surface area contributed by atoms with E-state index in [1.807, 2.05) is 55.5 Å². The van der Waals surface area contributed by atoms with Crippen LogP contribution in [0.15, 0.2) is 60.7 Å². The number of carbonyl (C=O) groups excluding carboxylic acids is 2. The van der Waals surface area contributed by atoms with Gasteiger partial charge in [-0.15, -0.1) is 0 Å². The second-order valence-electron chi connectivity index (χ2n) is 6.85. The van der Waals surface area contributed by atoms with Gasteiger partial charge in [0.1, 0.15) is 5.75 Å². The number of ether oxygens (including phenoxy) is 1. The van der Waals surface area contributed by atoms with Gasteiger partial charge in [-0.05, 0) is 44.5 Å². The van der Waals surface area contributed by atoms with E-state index in [1.54, 1.807) is 19.1 Å². The molecule has 0 unspecified atom stereocenters. The van der Waals surface area contributed by atoms with Crippen LogP contribution in [-0.2, 0) is 0 Å². The Balaban J connectivity index is 1.88. The number of carbonyl (C=O) groups is 2. The minimum absolute atomic E-state index is 0.0484. The highest BCUT2D eigenvalue weighted by Gasteiger charge is 2.20. The Morgan fingerprint density at radius 2 is 1.36 bits per heavy atom. The first-order valence-electron chi connectivity index (χ1n) is 9.08. The van der Waals surface area contributed by atoms with Gasteiger partial charge in [-0.1, -0.05) is 42.5 Å². The number of fused-ring (bicyclic) bond motifs is 2. The lowest BCUT2D eigenvalue weighted by molar-refractivity contribution is 0.0736. The van der Waals surface area contributed by atoms with E-state index in [2.05, 4.69) is 4.98 Å². The summed E-state index contributed by atoms with van der Waals surface area (Å²) in [6.07, 6.45) is 0. The van der Waals surface area contributed by atoms with Gasteiger partial charge in [0.2, 0.25) is 0 Å². The van der Waals surface area contributed by atoms with Crippen molar-refractivity contribution in [3.8, 4) is 5.75 Å². The normalized spacial score (nSPS) is 11.0. The van der Waals surface area contributed by atoms with Crippen molar-refractivity contribution >= 4 is 33.6 Å². The van der Waals surface area contributed by atoms with E-state index >= 15 is 0 Å². The molecule has 1 heterocycles. The Morgan fingerprint density at radius 1 is 0.786 bits per heavy atom. The zero-order valence-corrected chi connectivity index (χ0v) is 15.9. The summed E-state index contributed by atoms with van der Waals surface area (Å²) in [5, 5.41) is 1.48. The van der Waals surface area contributed by atoms with E-state index in [0.717, 1.165) is 27.4 Å². The standard InChI is InChI=1S/C24H19NO3/c1-14-12-13-21(15(2)22(14)16(3)26)28-24(27)23-17-8-4-6-10-19(17)25-20-11-7-5-9-18(20)23/h4-13H,1-3H3. The van der Waals surface area contributed by atoms with Gasteiger partial charge in [-0.2, -0.15) is 0 Å². The van der Waals surface area contributed by atoms with Crippen molar-refractivity contribution in [2.24, 2.45) is 0 Å². The van der Waals surface area contributed by atoms with Crippen LogP contribution in [0.25, 0.3) is 21.8 Å². The molecule has 0 atom stereocenters. The summed E-state index contributed by atoms with van der Waals surface area (Å²) in [4.78, 5) is 29.9. The van der Waals surface area contributed by atoms with Gasteiger partial charge < -0.3 is 4.74 Å². The number of nitrogens with zero attached hydrogens (tertiary/aromatic N) is 1. The maximum absolute atomic E-state index is 13.2. The minimum atomic E-state index is -0.462. The molecule has 0 N–H and O–H groups in total. The lowest BCUT2D eigenvalue weighted by Crippen LogP contribution is -2.12. The number of aryl methyl sites for hydroxylation is 1. The van der Waals surface area contributed by atoms with Gasteiger partial charge in [0.25, 0.3) is 0 Å². The van der Waals surface area contributed by atoms with Crippen LogP contribution in [0.3, 0.4) is 0 Å². The largest absolute Gasteiger partial charge is 0.423 e. The van der Waals surface area contributed by atoms with Crippen molar-refractivity contribution in [1.29, 1.82) is 0 Å². The lowest BCUT2D eigenvalue weighted by Gasteiger charge is -2.14. The Bertz CT molecular complexity index is 1200. The molecule has 1 aromatic heterocycles. The number of hydrogen-bond donors (Lipinski definition) is 0. The van der Waals surface area contributed by atoms with Crippen LogP contribution in [0, 0.1) is 13.8 Å². The maximum atomic E-state index is 13.2. The van der Waals surface area contributed by atoms with Gasteiger partial charge in [0.15, 0.2) is 5.78 Å². The number of pyridine rings is 1. The monoisotopic (exact) mass is 369 g/mol. The van der Waals surface area contributed by atoms with Crippen LogP contribution in [0.5, 0.6) is 5.75 Å². The second-order valence-corrected chi connectivity index (χ2v) is 6.85. The van der Waals surface area contributed by atoms with E-state index in [1.165, 1.54) is 6.92 Å². The maximum Gasteiger partial charge on any atom is 0.344 e. The topological polar surface area (TPSA) is 56.3 Å². The first-order valence-corrected chi connectivity index (χ1v) is 9.08. The predicted molar refractivity (Wildman–Crippen MR) is 110 cm³/mol. The Labute approximate surface area is 162 Å². The van der Waals surface area contributed by atoms with Gasteiger partial charge in [0.05, 0.1) is 16.6 Å². The summed E-state index contributed by atoms with van der Waals surface area (Å²) in [6, 6.07) is 18.6. The van der Waals surface area contributed by atoms with Crippen LogP contribution in [0.2, 0.25) is 0 Å². The summed E-state index contributed by atoms with van der Waals surface area (Å²) in [7, 11) is 0. The minimum Gasteiger partial charge on any atom is -0.423 e. The average Bonchev–Trinajstić information content (AvgIpc) is 2.68. The smallest absolute Gasteiger partial charge is 0.344 e. The number of esters is 1. The van der Waals surface area contributed by atoms with Gasteiger partial charge in [-0.3, -0.25) is 4.79 Å². The Hall–Kier alpha value is -3.53. The quantitative estimate of drug-likeness (QED) is 0.209. The molecule has 0 saturated carbocycles. The van der Waals surface area contributed by atoms with Crippen molar-refractivity contribution in [3.63, 3.8) is 0 Å². The number of hydrogen-bond acceptors (Lipinski definition) is 4. The summed E-state index contributed by atoms with van der Waals surface area (Å²) in [5.74, 6) is -0.116. The summed E-state index contributed by atoms with van der Waals surface area (Å²) in [6.45, 7) is 5.19. The molecule has 0 aliphatic carbocycles. The fourth-order valence-corrected chi connectivity index (χ4v) is 3.69. The molecule has 4 aromatic rings. The number of para-hydroxylation sites is 2. The SMILES string of the molecule is CC(=O)c1c(C)ccc(OC(=O)c2c3ccccc3nc3ccccc23)c1C. The fraction of sp³-hybridized carbons (Fsp3) is 0.125. The zero-order valence-electron chi connectivity index (χ0n) is 15.9. The molecule has 0 fully saturated rings. The number of ketones is 1. The molecule has 0 saturated heterocycles. The molecule has 3 aromatic carbocycles. The molecule has 4 rings (SSSR count). The zero-order chi connectivity index (χ0) is 19.8. The first kappa shape index (κ1) is 17.9. The molecule has 0 aliphatic rings. The number of benzene rings is 3. The highest BCUT2D eigenvalue weighted by molar-refractivity contribution is 6.15. The Kier molecular flexibility index (Phi) is 4.40. The molecule has 4 heteroatoms. The van der Waals surface area contributed by atoms with Crippen LogP contribution in [-0.4, -0.2) is 16.7 Å². The molecule has 0 bridgehead atoms. The number of rotatable bonds is 3. The van der Waals surface area contributed by atoms with Gasteiger partial charge in [0, 0.05) is 21.9 Å². The highest BCUT2D eigenvalue weighted by atomic mass is 16.5. The first-order chi connectivity index (χ1) is 13.5. The Morgan fingerprint density at radius 3 is 1.93 bits per heavy atom. The number of Topliss-reactive ketones (excluding diaryl/α,β-unsaturated/α-hetero) is 1. The van der Waals surface area contributed by atoms with Crippen molar-refractivity contribution in [2.75, 3.05) is 0 Å². The third-order valence-electron chi connectivity index (χ3n) is 4.97. The van der Waals surface area contributed by atoms with Gasteiger partial charge in [-0.25, -0.2) is 9.78 Å². The lowest BCUT2D eigenvalue weighted by atomic mass is 9.99. The molecular weight excluding hydrogens is 350 g/mol. The predicted octanol–water partition coefficient (Wildman–Crippen LogP) is 5.43. The molecule has 28 heavy (non-hydrogen) atoms. The fourth-order valence-electron chi connectivity index (χ4n) is 3.69. The van der Waals surface area contributed by atoms with Gasteiger partial charge >= 0.3 is 5.97 Å². The summed E-state index contributed by atoms with van der Waals surface area (Å²) >= 11 is 0. The molecule has 4 nitrogen and oxygen atoms in total. The molecule has 0 spiro atoms. The van der Waals surface area contributed by atoms with Crippen molar-refractivity contribution < 1.29 is 14.3 Å². The highest BCUT2D eigenvalue weighted by Crippen LogP contribution is 2.30. The van der Waals surface area contributed by atoms with Crippen LogP contribution < -0.4 is 4.74 Å². The van der Waals surface area contributed by atoms with Crippen molar-refractivity contribution in [3.05, 3.63) is 82.9 Å². The summed E-state index contributed by atoms with van der Waals surface area (Å²) in [5.41, 5.74) is 4.07. The second kappa shape index (κ2) is 6.89. The van der Waals surface area contributed by atoms with E-state index in [4.69, 9.17) is 4.74 Å². The third-order valence-corrected chi connectivity index (χ3v) is 4.97. The third kappa shape index (κ3) is 2.93. The van der Waals surface area contributed by atoms with Crippen molar-refractivity contribution in [2.45, 2.75) is 20.8 Å². The summed E-state index contributed by atoms with van der Waals surface area (Å²) < 4.78 is 5.77. The van der Waals surface area contributed by atoms with E-state index in [9.17, 15) is 9.59 Å². The van der Waals surface area contributed by atoms with Crippen molar-refractivity contribution in [1.82, 2.24) is 4.98 Å². The molecule has 138 valence electrons.